The second-order valence-corrected chi connectivity index (χ2v) is 6.06. The van der Waals surface area contributed by atoms with Crippen LogP contribution < -0.4 is 5.32 Å². The first-order chi connectivity index (χ1) is 10.3. The molecule has 4 nitrogen and oxygen atoms in total. The van der Waals surface area contributed by atoms with Crippen molar-refractivity contribution < 1.29 is 9.21 Å². The molecule has 0 bridgehead atoms. The molecule has 2 fully saturated rings. The van der Waals surface area contributed by atoms with Crippen molar-refractivity contribution in [3.8, 4) is 0 Å². The molecule has 0 saturated heterocycles. The minimum absolute atomic E-state index is 0.0407. The Morgan fingerprint density at radius 1 is 1.24 bits per heavy atom. The number of rotatable bonds is 5. The van der Waals surface area contributed by atoms with Gasteiger partial charge in [0.05, 0.1) is 0 Å². The van der Waals surface area contributed by atoms with Crippen LogP contribution in [0.15, 0.2) is 34.8 Å². The van der Waals surface area contributed by atoms with Crippen LogP contribution in [0.2, 0.25) is 0 Å². The Hall–Kier alpha value is -2.10. The molecule has 21 heavy (non-hydrogen) atoms. The average molecular weight is 282 g/mol. The summed E-state index contributed by atoms with van der Waals surface area (Å²) in [5, 5.41) is 3.15. The number of hydrogen-bond acceptors (Lipinski definition) is 3. The van der Waals surface area contributed by atoms with Gasteiger partial charge in [0, 0.05) is 18.2 Å². The number of fused-ring (bicyclic) bond motifs is 1. The first-order valence-electron chi connectivity index (χ1n) is 7.64. The largest absolute Gasteiger partial charge is 0.437 e. The van der Waals surface area contributed by atoms with Crippen LogP contribution in [0.5, 0.6) is 0 Å². The molecule has 1 amide bonds. The molecule has 0 aliphatic heterocycles. The van der Waals surface area contributed by atoms with Crippen molar-refractivity contribution in [3.63, 3.8) is 0 Å². The van der Waals surface area contributed by atoms with Crippen LogP contribution in [0.3, 0.4) is 0 Å². The maximum absolute atomic E-state index is 12.0. The van der Waals surface area contributed by atoms with Crippen LogP contribution in [0, 0.1) is 11.8 Å². The maximum atomic E-state index is 12.0. The van der Waals surface area contributed by atoms with E-state index in [2.05, 4.69) is 10.3 Å². The summed E-state index contributed by atoms with van der Waals surface area (Å²) in [7, 11) is 0. The van der Waals surface area contributed by atoms with Crippen LogP contribution in [-0.2, 0) is 4.79 Å². The van der Waals surface area contributed by atoms with Crippen LogP contribution >= 0.6 is 0 Å². The molecule has 2 aliphatic rings. The van der Waals surface area contributed by atoms with Gasteiger partial charge in [-0.2, -0.15) is 0 Å². The molecule has 0 radical (unpaired) electrons. The van der Waals surface area contributed by atoms with Crippen molar-refractivity contribution in [2.24, 2.45) is 11.8 Å². The molecule has 2 aromatic rings. The summed E-state index contributed by atoms with van der Waals surface area (Å²) in [6.45, 7) is 0. The van der Waals surface area contributed by atoms with Crippen molar-refractivity contribution in [1.82, 2.24) is 10.3 Å². The predicted molar refractivity (Wildman–Crippen MR) is 80.4 cm³/mol. The molecular formula is C17H18N2O2. The summed E-state index contributed by atoms with van der Waals surface area (Å²) in [5.74, 6) is 1.85. The molecule has 2 aliphatic carbocycles. The van der Waals surface area contributed by atoms with E-state index in [1.807, 2.05) is 24.3 Å². The number of nitrogens with one attached hydrogen (secondary N) is 1. The average Bonchev–Trinajstić information content (AvgIpc) is 3.39. The van der Waals surface area contributed by atoms with E-state index in [0.29, 0.717) is 23.8 Å². The second kappa shape index (κ2) is 5.02. The summed E-state index contributed by atoms with van der Waals surface area (Å²) < 4.78 is 5.57. The van der Waals surface area contributed by atoms with E-state index in [9.17, 15) is 4.79 Å². The lowest BCUT2D eigenvalue weighted by molar-refractivity contribution is -0.117. The molecule has 4 rings (SSSR count). The molecule has 2 saturated carbocycles. The van der Waals surface area contributed by atoms with E-state index in [1.165, 1.54) is 31.8 Å². The van der Waals surface area contributed by atoms with Gasteiger partial charge in [0.2, 0.25) is 11.8 Å². The molecule has 1 aromatic carbocycles. The van der Waals surface area contributed by atoms with Gasteiger partial charge in [0.15, 0.2) is 5.58 Å². The van der Waals surface area contributed by atoms with Gasteiger partial charge in [-0.1, -0.05) is 12.1 Å². The Kier molecular flexibility index (Phi) is 3.02. The quantitative estimate of drug-likeness (QED) is 0.857. The molecule has 1 aromatic heterocycles. The lowest BCUT2D eigenvalue weighted by Crippen LogP contribution is -2.37. The van der Waals surface area contributed by atoms with Gasteiger partial charge in [-0.15, -0.1) is 0 Å². The second-order valence-electron chi connectivity index (χ2n) is 6.06. The summed E-state index contributed by atoms with van der Waals surface area (Å²) in [6, 6.07) is 7.97. The topological polar surface area (TPSA) is 55.1 Å². The predicted octanol–water partition coefficient (Wildman–Crippen LogP) is 3.15. The molecule has 0 spiro atoms. The SMILES string of the molecule is O=C(C=Cc1nc2ccccc2o1)NC(C1CC1)C1CC1. The van der Waals surface area contributed by atoms with Gasteiger partial charge in [0.1, 0.15) is 5.52 Å². The number of carbonyl (C=O) groups excluding carboxylic acids is 1. The van der Waals surface area contributed by atoms with Gasteiger partial charge in [-0.25, -0.2) is 4.98 Å². The smallest absolute Gasteiger partial charge is 0.244 e. The minimum atomic E-state index is -0.0407. The fourth-order valence-electron chi connectivity index (χ4n) is 2.85. The fourth-order valence-corrected chi connectivity index (χ4v) is 2.85. The highest BCUT2D eigenvalue weighted by Gasteiger charge is 2.41. The van der Waals surface area contributed by atoms with Crippen LogP contribution in [-0.4, -0.2) is 16.9 Å². The maximum Gasteiger partial charge on any atom is 0.244 e. The van der Waals surface area contributed by atoms with Gasteiger partial charge >= 0.3 is 0 Å². The Morgan fingerprint density at radius 2 is 1.95 bits per heavy atom. The number of benzene rings is 1. The molecule has 1 N–H and O–H groups in total. The number of nitrogens with zero attached hydrogens (tertiary/aromatic N) is 1. The molecule has 0 atom stereocenters. The highest BCUT2D eigenvalue weighted by molar-refractivity contribution is 5.91. The van der Waals surface area contributed by atoms with Crippen molar-refractivity contribution in [2.75, 3.05) is 0 Å². The number of carbonyl (C=O) groups is 1. The molecule has 4 heteroatoms. The van der Waals surface area contributed by atoms with E-state index >= 15 is 0 Å². The molecule has 108 valence electrons. The van der Waals surface area contributed by atoms with E-state index in [-0.39, 0.29) is 5.91 Å². The third kappa shape index (κ3) is 2.84. The third-order valence-corrected chi connectivity index (χ3v) is 4.26. The van der Waals surface area contributed by atoms with E-state index < -0.39 is 0 Å². The Morgan fingerprint density at radius 3 is 2.62 bits per heavy atom. The zero-order valence-electron chi connectivity index (χ0n) is 11.8. The summed E-state index contributed by atoms with van der Waals surface area (Å²) >= 11 is 0. The number of para-hydroxylation sites is 2. The van der Waals surface area contributed by atoms with Gasteiger partial charge < -0.3 is 9.73 Å². The highest BCUT2D eigenvalue weighted by atomic mass is 16.3. The van der Waals surface area contributed by atoms with Gasteiger partial charge in [-0.3, -0.25) is 4.79 Å². The van der Waals surface area contributed by atoms with Crippen LogP contribution in [0.1, 0.15) is 31.6 Å². The first-order valence-corrected chi connectivity index (χ1v) is 7.64. The zero-order valence-corrected chi connectivity index (χ0v) is 11.8. The number of aromatic nitrogens is 1. The van der Waals surface area contributed by atoms with Crippen molar-refractivity contribution in [2.45, 2.75) is 31.7 Å². The van der Waals surface area contributed by atoms with E-state index in [1.54, 1.807) is 6.08 Å². The Labute approximate surface area is 123 Å². The number of oxazole rings is 1. The van der Waals surface area contributed by atoms with Gasteiger partial charge in [-0.05, 0) is 49.7 Å². The van der Waals surface area contributed by atoms with E-state index in [4.69, 9.17) is 4.42 Å². The minimum Gasteiger partial charge on any atom is -0.437 e. The summed E-state index contributed by atoms with van der Waals surface area (Å²) in [6.07, 6.45) is 8.22. The fraction of sp³-hybridized carbons (Fsp3) is 0.412. The molecular weight excluding hydrogens is 264 g/mol. The van der Waals surface area contributed by atoms with Crippen molar-refractivity contribution in [1.29, 1.82) is 0 Å². The van der Waals surface area contributed by atoms with E-state index in [0.717, 1.165) is 11.1 Å². The third-order valence-electron chi connectivity index (χ3n) is 4.26. The van der Waals surface area contributed by atoms with Gasteiger partial charge in [0.25, 0.3) is 0 Å². The molecule has 0 unspecified atom stereocenters. The summed E-state index contributed by atoms with van der Waals surface area (Å²) in [5.41, 5.74) is 1.55. The first kappa shape index (κ1) is 12.6. The van der Waals surface area contributed by atoms with Crippen molar-refractivity contribution >= 4 is 23.1 Å². The highest BCUT2D eigenvalue weighted by Crippen LogP contribution is 2.44. The lowest BCUT2D eigenvalue weighted by Gasteiger charge is -2.15. The monoisotopic (exact) mass is 282 g/mol. The normalized spacial score (nSPS) is 18.7. The Balaban J connectivity index is 1.43. The Bertz CT molecular complexity index is 651. The lowest BCUT2D eigenvalue weighted by atomic mass is 10.1. The standard InChI is InChI=1S/C17H18N2O2/c20-15(19-17(11-5-6-11)12-7-8-12)9-10-16-18-13-3-1-2-4-14(13)21-16/h1-4,9-12,17H,5-8H2,(H,19,20). The van der Waals surface area contributed by atoms with Crippen LogP contribution in [0.25, 0.3) is 17.2 Å². The number of hydrogen-bond donors (Lipinski definition) is 1. The zero-order chi connectivity index (χ0) is 14.2. The molecule has 1 heterocycles. The summed E-state index contributed by atoms with van der Waals surface area (Å²) in [4.78, 5) is 16.4. The van der Waals surface area contributed by atoms with Crippen LogP contribution in [0.4, 0.5) is 0 Å². The van der Waals surface area contributed by atoms with Crippen molar-refractivity contribution in [3.05, 3.63) is 36.2 Å². The number of amides is 1.